The van der Waals surface area contributed by atoms with Crippen LogP contribution in [0.5, 0.6) is 0 Å². The second kappa shape index (κ2) is 17.2. The third kappa shape index (κ3) is 11.1. The Morgan fingerprint density at radius 2 is 1.80 bits per heavy atom. The minimum Gasteiger partial charge on any atom is -0.480 e. The number of aliphatic hydroxyl groups is 2. The number of carbonyl (C=O) groups is 3. The van der Waals surface area contributed by atoms with Crippen molar-refractivity contribution in [2.45, 2.75) is 70.3 Å². The first-order valence-electron chi connectivity index (χ1n) is 13.9. The molecule has 1 saturated heterocycles. The molecule has 4 atom stereocenters. The molecule has 11 nitrogen and oxygen atoms in total. The van der Waals surface area contributed by atoms with Crippen molar-refractivity contribution in [1.29, 1.82) is 0 Å². The molecule has 0 aromatic heterocycles. The lowest BCUT2D eigenvalue weighted by Gasteiger charge is -2.34. The highest BCUT2D eigenvalue weighted by Gasteiger charge is 2.32. The van der Waals surface area contributed by atoms with Crippen LogP contribution in [0.25, 0.3) is 0 Å². The van der Waals surface area contributed by atoms with E-state index in [9.17, 15) is 29.0 Å². The summed E-state index contributed by atoms with van der Waals surface area (Å²) in [7, 11) is 0. The molecule has 0 aliphatic carbocycles. The predicted octanol–water partition coefficient (Wildman–Crippen LogP) is 1.25. The maximum Gasteiger partial charge on any atom is 0.320 e. The summed E-state index contributed by atoms with van der Waals surface area (Å²) < 4.78 is 26.1. The smallest absolute Gasteiger partial charge is 0.320 e. The van der Waals surface area contributed by atoms with E-state index in [4.69, 9.17) is 20.3 Å². The van der Waals surface area contributed by atoms with Gasteiger partial charge in [-0.2, -0.15) is 0 Å². The molecule has 5 N–H and O–H groups in total. The van der Waals surface area contributed by atoms with E-state index in [1.165, 1.54) is 34.1 Å². The van der Waals surface area contributed by atoms with Crippen LogP contribution in [0.3, 0.4) is 0 Å². The first-order valence-corrected chi connectivity index (χ1v) is 13.9. The predicted molar refractivity (Wildman–Crippen MR) is 145 cm³/mol. The van der Waals surface area contributed by atoms with Crippen LogP contribution in [0.2, 0.25) is 0 Å². The molecule has 1 aromatic rings. The molecule has 0 unspecified atom stereocenters. The minimum absolute atomic E-state index is 0.00670. The lowest BCUT2D eigenvalue weighted by atomic mass is 10.1. The number of halogens is 1. The van der Waals surface area contributed by atoms with Gasteiger partial charge in [-0.1, -0.05) is 26.0 Å². The lowest BCUT2D eigenvalue weighted by Crippen LogP contribution is -2.51. The Kier molecular flexibility index (Phi) is 14.5. The number of carbonyl (C=O) groups excluding carboxylic acids is 2. The van der Waals surface area contributed by atoms with Gasteiger partial charge in [-0.3, -0.25) is 14.4 Å². The van der Waals surface area contributed by atoms with Crippen LogP contribution >= 0.6 is 0 Å². The standard InChI is InChI=1S/C28H44FN3O8/c1-19(2)11-16-40-24-17-32(27(36)20-7-3-4-8-21(20)29)14-13-31(25(34)10-9-22(30)28(37)38)12-5-6-15-39-18-23(33)26(24)35/h3-4,7-8,19,22-24,26,33,35H,5-6,9-18,30H2,1-2H3,(H,37,38)/t22-,23+,24+,26+/m0/s1. The molecule has 0 bridgehead atoms. The summed E-state index contributed by atoms with van der Waals surface area (Å²) in [6, 6.07) is 4.36. The number of nitrogens with zero attached hydrogens (tertiary/aromatic N) is 2. The zero-order valence-electron chi connectivity index (χ0n) is 23.4. The number of nitrogens with two attached hydrogens (primary N) is 1. The van der Waals surface area contributed by atoms with E-state index in [0.717, 1.165) is 0 Å². The van der Waals surface area contributed by atoms with Crippen molar-refractivity contribution in [2.75, 3.05) is 46.0 Å². The van der Waals surface area contributed by atoms with E-state index in [1.807, 2.05) is 13.8 Å². The van der Waals surface area contributed by atoms with Gasteiger partial charge in [0, 0.05) is 45.8 Å². The minimum atomic E-state index is -1.39. The van der Waals surface area contributed by atoms with Gasteiger partial charge in [0.25, 0.3) is 5.91 Å². The van der Waals surface area contributed by atoms with Crippen molar-refractivity contribution in [1.82, 2.24) is 9.80 Å². The Morgan fingerprint density at radius 3 is 2.48 bits per heavy atom. The number of carboxylic acids is 1. The molecule has 2 rings (SSSR count). The van der Waals surface area contributed by atoms with Crippen LogP contribution in [-0.2, 0) is 19.1 Å². The molecule has 1 aromatic carbocycles. The third-order valence-electron chi connectivity index (χ3n) is 6.83. The summed E-state index contributed by atoms with van der Waals surface area (Å²) in [4.78, 5) is 40.5. The molecule has 226 valence electrons. The number of ether oxygens (including phenoxy) is 2. The van der Waals surface area contributed by atoms with Crippen LogP contribution in [0.1, 0.15) is 56.3 Å². The number of hydrogen-bond donors (Lipinski definition) is 4. The summed E-state index contributed by atoms with van der Waals surface area (Å²) in [5.41, 5.74) is 5.40. The highest BCUT2D eigenvalue weighted by Crippen LogP contribution is 2.16. The number of amides is 2. The quantitative estimate of drug-likeness (QED) is 0.343. The van der Waals surface area contributed by atoms with Gasteiger partial charge in [0.2, 0.25) is 5.91 Å². The maximum absolute atomic E-state index is 14.6. The Balaban J connectivity index is 2.33. The number of rotatable bonds is 9. The highest BCUT2D eigenvalue weighted by molar-refractivity contribution is 5.94. The van der Waals surface area contributed by atoms with Crippen molar-refractivity contribution >= 4 is 17.8 Å². The number of carboxylic acid groups (broad SMARTS) is 1. The Morgan fingerprint density at radius 1 is 1.10 bits per heavy atom. The van der Waals surface area contributed by atoms with Gasteiger partial charge in [-0.25, -0.2) is 4.39 Å². The van der Waals surface area contributed by atoms with Gasteiger partial charge >= 0.3 is 5.97 Å². The molecule has 2 amide bonds. The second-order valence-corrected chi connectivity index (χ2v) is 10.5. The fraction of sp³-hybridized carbons (Fsp3) is 0.679. The van der Waals surface area contributed by atoms with Crippen molar-refractivity contribution in [2.24, 2.45) is 11.7 Å². The van der Waals surface area contributed by atoms with E-state index >= 15 is 0 Å². The highest BCUT2D eigenvalue weighted by atomic mass is 19.1. The summed E-state index contributed by atoms with van der Waals surface area (Å²) in [6.45, 7) is 4.67. The van der Waals surface area contributed by atoms with Crippen molar-refractivity contribution in [3.63, 3.8) is 0 Å². The molecule has 1 heterocycles. The van der Waals surface area contributed by atoms with Crippen molar-refractivity contribution in [3.8, 4) is 0 Å². The topological polar surface area (TPSA) is 163 Å². The Labute approximate surface area is 235 Å². The van der Waals surface area contributed by atoms with Crippen LogP contribution in [0.4, 0.5) is 4.39 Å². The van der Waals surface area contributed by atoms with Crippen LogP contribution < -0.4 is 5.73 Å². The van der Waals surface area contributed by atoms with Gasteiger partial charge in [0.1, 0.15) is 30.2 Å². The molecule has 40 heavy (non-hydrogen) atoms. The van der Waals surface area contributed by atoms with E-state index in [2.05, 4.69) is 0 Å². The summed E-state index contributed by atoms with van der Waals surface area (Å²) >= 11 is 0. The van der Waals surface area contributed by atoms with E-state index in [1.54, 1.807) is 0 Å². The van der Waals surface area contributed by atoms with E-state index in [0.29, 0.717) is 38.3 Å². The third-order valence-corrected chi connectivity index (χ3v) is 6.83. The zero-order chi connectivity index (χ0) is 29.7. The Hall–Kier alpha value is -2.64. The first-order chi connectivity index (χ1) is 19.0. The van der Waals surface area contributed by atoms with E-state index < -0.39 is 42.0 Å². The average molecular weight is 570 g/mol. The molecule has 1 aliphatic heterocycles. The fourth-order valence-corrected chi connectivity index (χ4v) is 4.23. The van der Waals surface area contributed by atoms with Gasteiger partial charge in [-0.05, 0) is 43.7 Å². The SMILES string of the molecule is CC(C)CCO[C@@H]1CN(C(=O)c2ccccc2F)CCN(C(=O)CC[C@H](N)C(=O)O)CCCCOC[C@@H](O)[C@H]1O. The van der Waals surface area contributed by atoms with Gasteiger partial charge in [0.15, 0.2) is 0 Å². The van der Waals surface area contributed by atoms with Crippen LogP contribution in [-0.4, -0.2) is 113 Å². The largest absolute Gasteiger partial charge is 0.480 e. The average Bonchev–Trinajstić information content (AvgIpc) is 2.91. The number of hydrogen-bond acceptors (Lipinski definition) is 8. The molecular weight excluding hydrogens is 525 g/mol. The van der Waals surface area contributed by atoms with Crippen LogP contribution in [0, 0.1) is 11.7 Å². The van der Waals surface area contributed by atoms with Gasteiger partial charge in [0.05, 0.1) is 12.2 Å². The van der Waals surface area contributed by atoms with E-state index in [-0.39, 0.29) is 57.2 Å². The fourth-order valence-electron chi connectivity index (χ4n) is 4.23. The summed E-state index contributed by atoms with van der Waals surface area (Å²) in [5, 5.41) is 30.6. The number of aliphatic hydroxyl groups excluding tert-OH is 2. The lowest BCUT2D eigenvalue weighted by molar-refractivity contribution is -0.139. The second-order valence-electron chi connectivity index (χ2n) is 10.5. The summed E-state index contributed by atoms with van der Waals surface area (Å²) in [5.74, 6) is -2.57. The number of aliphatic carboxylic acids is 1. The molecule has 1 aliphatic rings. The molecule has 0 saturated carbocycles. The molecule has 0 spiro atoms. The molecule has 1 fully saturated rings. The zero-order valence-corrected chi connectivity index (χ0v) is 23.4. The molecule has 12 heteroatoms. The monoisotopic (exact) mass is 569 g/mol. The van der Waals surface area contributed by atoms with Gasteiger partial charge < -0.3 is 40.3 Å². The number of benzene rings is 1. The van der Waals surface area contributed by atoms with Crippen LogP contribution in [0.15, 0.2) is 24.3 Å². The van der Waals surface area contributed by atoms with Gasteiger partial charge in [-0.15, -0.1) is 0 Å². The first kappa shape index (κ1) is 33.6. The molecule has 0 radical (unpaired) electrons. The summed E-state index contributed by atoms with van der Waals surface area (Å²) in [6.07, 6.45) is -1.99. The maximum atomic E-state index is 14.6. The van der Waals surface area contributed by atoms with Crippen molar-refractivity contribution in [3.05, 3.63) is 35.6 Å². The molecular formula is C28H44FN3O8. The normalized spacial score (nSPS) is 22.5. The Bertz CT molecular complexity index is 950. The van der Waals surface area contributed by atoms with Crippen molar-refractivity contribution < 1.29 is 43.6 Å².